The molecule has 4 aliphatic rings. The maximum Gasteiger partial charge on any atom is 0.319 e. The molecule has 3 aromatic carbocycles. The molecule has 0 spiro atoms. The van der Waals surface area contributed by atoms with E-state index in [9.17, 15) is 18.3 Å². The number of rotatable bonds is 8. The van der Waals surface area contributed by atoms with Gasteiger partial charge in [-0.25, -0.2) is 9.53 Å². The molecule has 12 nitrogen and oxygen atoms in total. The number of phenolic OH excluding ortho intramolecular Hbond substituents is 1. The molecule has 5 heterocycles. The van der Waals surface area contributed by atoms with E-state index in [0.29, 0.717) is 42.0 Å². The Balaban J connectivity index is 1.18. The summed E-state index contributed by atoms with van der Waals surface area (Å²) in [5.74, 6) is -0.308. The summed E-state index contributed by atoms with van der Waals surface area (Å²) in [6.07, 6.45) is 5.79. The highest BCUT2D eigenvalue weighted by molar-refractivity contribution is 7.87. The predicted octanol–water partition coefficient (Wildman–Crippen LogP) is 3.27. The van der Waals surface area contributed by atoms with Crippen molar-refractivity contribution in [2.75, 3.05) is 44.2 Å². The summed E-state index contributed by atoms with van der Waals surface area (Å²) < 4.78 is 48.2. The van der Waals surface area contributed by atoms with Gasteiger partial charge >= 0.3 is 6.01 Å². The molecule has 0 radical (unpaired) electrons. The number of aromatic hydroxyl groups is 1. The minimum absolute atomic E-state index is 0.0367. The Kier molecular flexibility index (Phi) is 7.66. The molecule has 4 N–H and O–H groups in total. The van der Waals surface area contributed by atoms with Crippen LogP contribution in [0.2, 0.25) is 0 Å². The van der Waals surface area contributed by atoms with Gasteiger partial charge in [0.05, 0.1) is 12.1 Å². The Labute approximate surface area is 277 Å². The number of anilines is 1. The molecular weight excluding hydrogens is 637 g/mol. The van der Waals surface area contributed by atoms with Gasteiger partial charge in [-0.1, -0.05) is 30.3 Å². The highest BCUT2D eigenvalue weighted by atomic mass is 32.2. The number of nitrogens with one attached hydrogen (secondary N) is 1. The molecule has 4 aliphatic heterocycles. The van der Waals surface area contributed by atoms with Gasteiger partial charge in [-0.05, 0) is 86.1 Å². The number of halogens is 1. The Morgan fingerprint density at radius 3 is 2.48 bits per heavy atom. The molecule has 252 valence electrons. The van der Waals surface area contributed by atoms with E-state index in [1.807, 2.05) is 30.3 Å². The number of piperazine rings is 1. The van der Waals surface area contributed by atoms with Crippen molar-refractivity contribution in [2.45, 2.75) is 56.1 Å². The Morgan fingerprint density at radius 2 is 1.75 bits per heavy atom. The van der Waals surface area contributed by atoms with Crippen molar-refractivity contribution in [2.24, 2.45) is 5.14 Å². The van der Waals surface area contributed by atoms with Crippen molar-refractivity contribution < 1.29 is 27.4 Å². The van der Waals surface area contributed by atoms with E-state index in [2.05, 4.69) is 19.5 Å². The van der Waals surface area contributed by atoms with Gasteiger partial charge in [0, 0.05) is 36.1 Å². The van der Waals surface area contributed by atoms with E-state index in [-0.39, 0.29) is 40.8 Å². The van der Waals surface area contributed by atoms with Crippen LogP contribution in [0.4, 0.5) is 10.2 Å². The van der Waals surface area contributed by atoms with Gasteiger partial charge in [0.1, 0.15) is 23.7 Å². The molecule has 4 aromatic rings. The predicted molar refractivity (Wildman–Crippen MR) is 179 cm³/mol. The summed E-state index contributed by atoms with van der Waals surface area (Å²) in [6.45, 7) is 2.96. The summed E-state index contributed by atoms with van der Waals surface area (Å²) in [4.78, 5) is 28.9. The lowest BCUT2D eigenvalue weighted by Gasteiger charge is -2.42. The monoisotopic (exact) mass is 675 g/mol. The van der Waals surface area contributed by atoms with Gasteiger partial charge in [0.15, 0.2) is 5.82 Å². The van der Waals surface area contributed by atoms with Crippen LogP contribution in [-0.2, 0) is 15.0 Å². The molecule has 0 aliphatic carbocycles. The molecular formula is C34H38FN7O5S. The van der Waals surface area contributed by atoms with Gasteiger partial charge < -0.3 is 19.6 Å². The summed E-state index contributed by atoms with van der Waals surface area (Å²) in [5, 5.41) is 17.7. The number of ether oxygens (including phenoxy) is 1. The average Bonchev–Trinajstić information content (AvgIpc) is 3.72. The van der Waals surface area contributed by atoms with Crippen LogP contribution in [-0.4, -0.2) is 96.2 Å². The standard InChI is InChI=1S/C34H38FN7O5S/c35-30-26(28-16-24(43)15-21-5-1-2-6-25(21)28)9-10-27-31(30)38-33(47-20-34-11-3-13-41(34)14-4-12-34)39-32(27)40-18-22-7-8-23(19-40)42(22)29(44)17-37-48(36,45)46/h1-2,5-6,9-10,15-16,22-23,37,43H,3-4,7-8,11-14,17-20H2,(H2,36,45,46). The van der Waals surface area contributed by atoms with E-state index in [1.54, 1.807) is 23.1 Å². The van der Waals surface area contributed by atoms with Crippen LogP contribution in [0.15, 0.2) is 48.5 Å². The highest BCUT2D eigenvalue weighted by Gasteiger charge is 2.46. The minimum Gasteiger partial charge on any atom is -0.508 e. The largest absolute Gasteiger partial charge is 0.508 e. The summed E-state index contributed by atoms with van der Waals surface area (Å²) in [6, 6.07) is 14.0. The van der Waals surface area contributed by atoms with Gasteiger partial charge in [0.25, 0.3) is 10.2 Å². The van der Waals surface area contributed by atoms with E-state index in [0.717, 1.165) is 62.4 Å². The Morgan fingerprint density at radius 1 is 1.02 bits per heavy atom. The molecule has 8 rings (SSSR count). The topological polar surface area (TPSA) is 154 Å². The van der Waals surface area contributed by atoms with Crippen LogP contribution in [0.1, 0.15) is 38.5 Å². The van der Waals surface area contributed by atoms with Crippen LogP contribution in [0.25, 0.3) is 32.8 Å². The smallest absolute Gasteiger partial charge is 0.319 e. The van der Waals surface area contributed by atoms with Crippen molar-refractivity contribution in [3.8, 4) is 22.9 Å². The van der Waals surface area contributed by atoms with Gasteiger partial charge in [-0.2, -0.15) is 23.1 Å². The third-order valence-corrected chi connectivity index (χ3v) is 11.2. The second-order valence-corrected chi connectivity index (χ2v) is 14.9. The fraction of sp³-hybridized carbons (Fsp3) is 0.441. The molecule has 48 heavy (non-hydrogen) atoms. The van der Waals surface area contributed by atoms with Crippen molar-refractivity contribution in [3.63, 3.8) is 0 Å². The van der Waals surface area contributed by atoms with E-state index < -0.39 is 22.6 Å². The van der Waals surface area contributed by atoms with E-state index >= 15 is 4.39 Å². The average molecular weight is 676 g/mol. The number of carbonyl (C=O) groups is 1. The molecule has 4 fully saturated rings. The van der Waals surface area contributed by atoms with Crippen molar-refractivity contribution in [1.29, 1.82) is 0 Å². The van der Waals surface area contributed by atoms with Gasteiger partial charge in [-0.3, -0.25) is 9.69 Å². The molecule has 1 amide bonds. The summed E-state index contributed by atoms with van der Waals surface area (Å²) in [5.41, 5.74) is 0.919. The number of phenols is 1. The molecule has 2 unspecified atom stereocenters. The molecule has 2 bridgehead atoms. The molecule has 0 saturated carbocycles. The first-order chi connectivity index (χ1) is 23.1. The number of hydrogen-bond acceptors (Lipinski definition) is 9. The lowest BCUT2D eigenvalue weighted by molar-refractivity contribution is -0.133. The first-order valence-corrected chi connectivity index (χ1v) is 18.1. The fourth-order valence-corrected chi connectivity index (χ4v) is 8.88. The first kappa shape index (κ1) is 31.2. The maximum absolute atomic E-state index is 16.8. The molecule has 2 atom stereocenters. The zero-order valence-electron chi connectivity index (χ0n) is 26.4. The number of fused-ring (bicyclic) bond motifs is 5. The highest BCUT2D eigenvalue weighted by Crippen LogP contribution is 2.42. The zero-order chi connectivity index (χ0) is 33.2. The number of nitrogens with two attached hydrogens (primary N) is 1. The lowest BCUT2D eigenvalue weighted by Crippen LogP contribution is -2.58. The number of nitrogens with zero attached hydrogens (tertiary/aromatic N) is 5. The minimum atomic E-state index is -4.01. The third kappa shape index (κ3) is 5.50. The lowest BCUT2D eigenvalue weighted by atomic mass is 9.95. The quantitative estimate of drug-likeness (QED) is 0.255. The van der Waals surface area contributed by atoms with Crippen LogP contribution in [0, 0.1) is 5.82 Å². The molecule has 14 heteroatoms. The van der Waals surface area contributed by atoms with E-state index in [4.69, 9.17) is 14.9 Å². The zero-order valence-corrected chi connectivity index (χ0v) is 27.3. The fourth-order valence-electron chi connectivity index (χ4n) is 8.55. The molecule has 1 aromatic heterocycles. The second-order valence-electron chi connectivity index (χ2n) is 13.5. The van der Waals surface area contributed by atoms with Crippen LogP contribution in [0.3, 0.4) is 0 Å². The second kappa shape index (κ2) is 11.8. The van der Waals surface area contributed by atoms with Crippen LogP contribution in [0.5, 0.6) is 11.8 Å². The number of amides is 1. The van der Waals surface area contributed by atoms with Crippen molar-refractivity contribution >= 4 is 43.6 Å². The number of hydrogen-bond donors (Lipinski definition) is 3. The first-order valence-electron chi connectivity index (χ1n) is 16.5. The Bertz CT molecular complexity index is 2020. The number of benzene rings is 3. The van der Waals surface area contributed by atoms with Gasteiger partial charge in [-0.15, -0.1) is 0 Å². The SMILES string of the molecule is NS(=O)(=O)NCC(=O)N1C2CCC1CN(c1nc(OCC34CCCN3CCC4)nc3c(F)c(-c4cc(O)cc5ccccc45)ccc13)C2. The summed E-state index contributed by atoms with van der Waals surface area (Å²) >= 11 is 0. The number of aromatic nitrogens is 2. The van der Waals surface area contributed by atoms with Crippen LogP contribution < -0.4 is 19.5 Å². The van der Waals surface area contributed by atoms with E-state index in [1.165, 1.54) is 0 Å². The summed E-state index contributed by atoms with van der Waals surface area (Å²) in [7, 11) is -4.01. The van der Waals surface area contributed by atoms with Gasteiger partial charge in [0.2, 0.25) is 5.91 Å². The van der Waals surface area contributed by atoms with Crippen molar-refractivity contribution in [3.05, 3.63) is 54.3 Å². The van der Waals surface area contributed by atoms with Crippen molar-refractivity contribution in [1.82, 2.24) is 24.5 Å². The Hall–Kier alpha value is -4.11. The molecule has 4 saturated heterocycles. The normalized spacial score (nSPS) is 22.1. The maximum atomic E-state index is 16.8. The number of carbonyl (C=O) groups excluding carboxylic acids is 1. The third-order valence-electron chi connectivity index (χ3n) is 10.7. The van der Waals surface area contributed by atoms with Crippen LogP contribution >= 0.6 is 0 Å².